The number of allylic oxidation sites excluding steroid dienone is 1. The fraction of sp³-hybridized carbons (Fsp3) is 0.455. The molecule has 1 aromatic heterocycles. The molecule has 0 spiro atoms. The van der Waals surface area contributed by atoms with Crippen molar-refractivity contribution < 1.29 is 0 Å². The molecule has 15 heavy (non-hydrogen) atoms. The molecule has 0 aromatic carbocycles. The summed E-state index contributed by atoms with van der Waals surface area (Å²) in [5.41, 5.74) is 0.962. The summed E-state index contributed by atoms with van der Waals surface area (Å²) in [4.78, 5) is 8.59. The Hall–Kier alpha value is -0.900. The molecule has 1 rings (SSSR count). The molecule has 4 heteroatoms. The van der Waals surface area contributed by atoms with E-state index in [0.717, 1.165) is 34.8 Å². The van der Waals surface area contributed by atoms with Crippen molar-refractivity contribution in [1.29, 1.82) is 0 Å². The lowest BCUT2D eigenvalue weighted by Gasteiger charge is -2.07. The first kappa shape index (κ1) is 12.2. The standard InChI is InChI=1S/C11H16BrN3/c1-4-5-6-7-13-11-10(12)8(2)14-9(3)15-11/h5-6H,4,7H2,1-3H3,(H,13,14,15)/b6-5+. The molecule has 0 radical (unpaired) electrons. The summed E-state index contributed by atoms with van der Waals surface area (Å²) in [5, 5.41) is 3.24. The second kappa shape index (κ2) is 5.85. The van der Waals surface area contributed by atoms with Gasteiger partial charge in [-0.15, -0.1) is 0 Å². The monoisotopic (exact) mass is 269 g/mol. The fourth-order valence-corrected chi connectivity index (χ4v) is 1.54. The molecule has 0 unspecified atom stereocenters. The van der Waals surface area contributed by atoms with Crippen molar-refractivity contribution in [2.75, 3.05) is 11.9 Å². The number of hydrogen-bond donors (Lipinski definition) is 1. The van der Waals surface area contributed by atoms with Gasteiger partial charge >= 0.3 is 0 Å². The van der Waals surface area contributed by atoms with Gasteiger partial charge in [-0.2, -0.15) is 0 Å². The van der Waals surface area contributed by atoms with Gasteiger partial charge in [-0.25, -0.2) is 9.97 Å². The maximum atomic E-state index is 4.33. The van der Waals surface area contributed by atoms with Gasteiger partial charge in [0, 0.05) is 6.54 Å². The van der Waals surface area contributed by atoms with Gasteiger partial charge in [-0.05, 0) is 36.2 Å². The summed E-state index contributed by atoms with van der Waals surface area (Å²) in [5.74, 6) is 1.65. The van der Waals surface area contributed by atoms with Gasteiger partial charge in [-0.3, -0.25) is 0 Å². The number of nitrogens with one attached hydrogen (secondary N) is 1. The van der Waals surface area contributed by atoms with Gasteiger partial charge in [-0.1, -0.05) is 19.1 Å². The molecule has 0 bridgehead atoms. The average molecular weight is 270 g/mol. The predicted molar refractivity (Wildman–Crippen MR) is 67.1 cm³/mol. The van der Waals surface area contributed by atoms with E-state index < -0.39 is 0 Å². The van der Waals surface area contributed by atoms with Crippen LogP contribution in [0.4, 0.5) is 5.82 Å². The van der Waals surface area contributed by atoms with Gasteiger partial charge in [0.25, 0.3) is 0 Å². The van der Waals surface area contributed by atoms with Crippen LogP contribution in [0.15, 0.2) is 16.6 Å². The molecule has 0 aliphatic carbocycles. The molecule has 0 atom stereocenters. The largest absolute Gasteiger partial charge is 0.366 e. The quantitative estimate of drug-likeness (QED) is 0.853. The highest BCUT2D eigenvalue weighted by atomic mass is 79.9. The Kier molecular flexibility index (Phi) is 4.75. The molecular weight excluding hydrogens is 254 g/mol. The molecule has 0 aliphatic rings. The Balaban J connectivity index is 2.72. The minimum absolute atomic E-state index is 0.790. The van der Waals surface area contributed by atoms with Crippen LogP contribution in [-0.4, -0.2) is 16.5 Å². The van der Waals surface area contributed by atoms with Crippen molar-refractivity contribution in [1.82, 2.24) is 9.97 Å². The highest BCUT2D eigenvalue weighted by molar-refractivity contribution is 9.10. The van der Waals surface area contributed by atoms with Gasteiger partial charge in [0.2, 0.25) is 0 Å². The normalized spacial score (nSPS) is 10.9. The Bertz CT molecular complexity index is 361. The van der Waals surface area contributed by atoms with Crippen LogP contribution in [0.25, 0.3) is 0 Å². The lowest BCUT2D eigenvalue weighted by molar-refractivity contribution is 0.993. The molecule has 82 valence electrons. The van der Waals surface area contributed by atoms with Gasteiger partial charge in [0.1, 0.15) is 11.6 Å². The Morgan fingerprint density at radius 2 is 2.00 bits per heavy atom. The van der Waals surface area contributed by atoms with Crippen LogP contribution in [0.3, 0.4) is 0 Å². The van der Waals surface area contributed by atoms with E-state index in [1.807, 2.05) is 13.8 Å². The van der Waals surface area contributed by atoms with E-state index in [-0.39, 0.29) is 0 Å². The number of hydrogen-bond acceptors (Lipinski definition) is 3. The van der Waals surface area contributed by atoms with Crippen molar-refractivity contribution in [2.24, 2.45) is 0 Å². The van der Waals surface area contributed by atoms with Gasteiger partial charge < -0.3 is 5.32 Å². The molecule has 0 saturated carbocycles. The third-order valence-electron chi connectivity index (χ3n) is 1.92. The van der Waals surface area contributed by atoms with Crippen LogP contribution in [0.2, 0.25) is 0 Å². The highest BCUT2D eigenvalue weighted by Gasteiger charge is 2.05. The van der Waals surface area contributed by atoms with Crippen molar-refractivity contribution in [3.8, 4) is 0 Å². The molecule has 1 heterocycles. The first-order valence-corrected chi connectivity index (χ1v) is 5.84. The predicted octanol–water partition coefficient (Wildman–Crippen LogP) is 3.23. The number of aromatic nitrogens is 2. The summed E-state index contributed by atoms with van der Waals surface area (Å²) in [7, 11) is 0. The maximum absolute atomic E-state index is 4.33. The molecule has 0 aliphatic heterocycles. The number of aryl methyl sites for hydroxylation is 2. The third-order valence-corrected chi connectivity index (χ3v) is 2.87. The molecule has 3 nitrogen and oxygen atoms in total. The van der Waals surface area contributed by atoms with Crippen LogP contribution in [0.5, 0.6) is 0 Å². The molecule has 1 aromatic rings. The van der Waals surface area contributed by atoms with E-state index in [9.17, 15) is 0 Å². The first-order chi connectivity index (χ1) is 7.15. The zero-order valence-electron chi connectivity index (χ0n) is 9.34. The lowest BCUT2D eigenvalue weighted by atomic mass is 10.4. The zero-order chi connectivity index (χ0) is 11.3. The second-order valence-electron chi connectivity index (χ2n) is 3.28. The van der Waals surface area contributed by atoms with E-state index in [1.165, 1.54) is 0 Å². The third kappa shape index (κ3) is 3.63. The summed E-state index contributed by atoms with van der Waals surface area (Å²) in [6.07, 6.45) is 5.28. The number of anilines is 1. The molecular formula is C11H16BrN3. The maximum Gasteiger partial charge on any atom is 0.144 e. The van der Waals surface area contributed by atoms with Crippen LogP contribution in [0.1, 0.15) is 24.9 Å². The van der Waals surface area contributed by atoms with Crippen LogP contribution in [0, 0.1) is 13.8 Å². The second-order valence-corrected chi connectivity index (χ2v) is 4.07. The summed E-state index contributed by atoms with van der Waals surface area (Å²) in [6.45, 7) is 6.77. The van der Waals surface area contributed by atoms with Crippen LogP contribution >= 0.6 is 15.9 Å². The molecule has 1 N–H and O–H groups in total. The highest BCUT2D eigenvalue weighted by Crippen LogP contribution is 2.22. The first-order valence-electron chi connectivity index (χ1n) is 5.04. The van der Waals surface area contributed by atoms with Crippen molar-refractivity contribution >= 4 is 21.7 Å². The van der Waals surface area contributed by atoms with Crippen molar-refractivity contribution in [2.45, 2.75) is 27.2 Å². The van der Waals surface area contributed by atoms with Crippen LogP contribution in [-0.2, 0) is 0 Å². The topological polar surface area (TPSA) is 37.8 Å². The molecule has 0 amide bonds. The average Bonchev–Trinajstić information content (AvgIpc) is 2.19. The number of nitrogens with zero attached hydrogens (tertiary/aromatic N) is 2. The van der Waals surface area contributed by atoms with Gasteiger partial charge in [0.15, 0.2) is 0 Å². The smallest absolute Gasteiger partial charge is 0.144 e. The number of halogens is 1. The van der Waals surface area contributed by atoms with Crippen LogP contribution < -0.4 is 5.32 Å². The van der Waals surface area contributed by atoms with E-state index >= 15 is 0 Å². The Morgan fingerprint density at radius 3 is 2.67 bits per heavy atom. The fourth-order valence-electron chi connectivity index (χ4n) is 1.22. The van der Waals surface area contributed by atoms with Gasteiger partial charge in [0.05, 0.1) is 10.2 Å². The molecule has 0 saturated heterocycles. The Labute approximate surface area is 99.2 Å². The van der Waals surface area contributed by atoms with E-state index in [1.54, 1.807) is 0 Å². The SMILES string of the molecule is CC/C=C/CNc1nc(C)nc(C)c1Br. The van der Waals surface area contributed by atoms with E-state index in [4.69, 9.17) is 0 Å². The van der Waals surface area contributed by atoms with E-state index in [2.05, 4.69) is 50.3 Å². The minimum atomic E-state index is 0.790. The summed E-state index contributed by atoms with van der Waals surface area (Å²) in [6, 6.07) is 0. The van der Waals surface area contributed by atoms with E-state index in [0.29, 0.717) is 0 Å². The van der Waals surface area contributed by atoms with Crippen molar-refractivity contribution in [3.63, 3.8) is 0 Å². The lowest BCUT2D eigenvalue weighted by Crippen LogP contribution is -2.05. The minimum Gasteiger partial charge on any atom is -0.366 e. The summed E-state index contributed by atoms with van der Waals surface area (Å²) >= 11 is 3.47. The van der Waals surface area contributed by atoms with Crippen molar-refractivity contribution in [3.05, 3.63) is 28.1 Å². The zero-order valence-corrected chi connectivity index (χ0v) is 10.9. The number of rotatable bonds is 4. The summed E-state index contributed by atoms with van der Waals surface area (Å²) < 4.78 is 0.943. The Morgan fingerprint density at radius 1 is 1.27 bits per heavy atom. The molecule has 0 fully saturated rings.